The summed E-state index contributed by atoms with van der Waals surface area (Å²) < 4.78 is 21.0. The first kappa shape index (κ1) is 31.3. The van der Waals surface area contributed by atoms with Crippen molar-refractivity contribution in [3.8, 4) is 11.5 Å². The van der Waals surface area contributed by atoms with Crippen molar-refractivity contribution < 1.29 is 38.1 Å². The molecule has 4 aromatic rings. The highest BCUT2D eigenvalue weighted by Crippen LogP contribution is 2.39. The van der Waals surface area contributed by atoms with E-state index in [4.69, 9.17) is 18.9 Å². The summed E-state index contributed by atoms with van der Waals surface area (Å²) in [7, 11) is 0. The summed E-state index contributed by atoms with van der Waals surface area (Å²) in [5.41, 5.74) is 3.46. The number of rotatable bonds is 14. The van der Waals surface area contributed by atoms with Gasteiger partial charge in [0, 0.05) is 34.7 Å². The lowest BCUT2D eigenvalue weighted by atomic mass is 9.82. The molecular weight excluding hydrogens is 588 g/mol. The van der Waals surface area contributed by atoms with E-state index in [1.54, 1.807) is 84.9 Å². The molecule has 0 spiro atoms. The van der Waals surface area contributed by atoms with Crippen LogP contribution in [-0.2, 0) is 19.1 Å². The molecule has 10 heteroatoms. The minimum atomic E-state index is -0.520. The largest absolute Gasteiger partial charge is 0.490 e. The van der Waals surface area contributed by atoms with E-state index in [0.717, 1.165) is 12.2 Å². The highest BCUT2D eigenvalue weighted by Gasteiger charge is 2.34. The SMILES string of the molecule is C=CC(=O)OCCOc1ccc(Nc2ccc(Nc3ccc(OCCOC(=O)C=C)cc3)c3c2C(=O)c2ccccc2C3=O)cc1. The zero-order valence-corrected chi connectivity index (χ0v) is 24.7. The normalized spacial score (nSPS) is 11.4. The van der Waals surface area contributed by atoms with Crippen molar-refractivity contribution in [3.63, 3.8) is 0 Å². The van der Waals surface area contributed by atoms with Gasteiger partial charge in [-0.3, -0.25) is 9.59 Å². The quantitative estimate of drug-likeness (QED) is 0.0847. The molecule has 0 saturated carbocycles. The van der Waals surface area contributed by atoms with Crippen molar-refractivity contribution in [1.82, 2.24) is 0 Å². The number of hydrogen-bond acceptors (Lipinski definition) is 10. The molecule has 10 nitrogen and oxygen atoms in total. The number of carbonyl (C=O) groups excluding carboxylic acids is 4. The fourth-order valence-corrected chi connectivity index (χ4v) is 4.73. The number of nitrogens with one attached hydrogen (secondary N) is 2. The molecule has 5 rings (SSSR count). The van der Waals surface area contributed by atoms with Crippen molar-refractivity contribution in [2.24, 2.45) is 0 Å². The molecule has 1 aliphatic rings. The number of benzene rings is 4. The summed E-state index contributed by atoms with van der Waals surface area (Å²) in [4.78, 5) is 50.0. The average Bonchev–Trinajstić information content (AvgIpc) is 3.09. The van der Waals surface area contributed by atoms with Gasteiger partial charge in [-0.1, -0.05) is 37.4 Å². The Bertz CT molecular complexity index is 1660. The Morgan fingerprint density at radius 3 is 1.33 bits per heavy atom. The van der Waals surface area contributed by atoms with Gasteiger partial charge >= 0.3 is 11.9 Å². The summed E-state index contributed by atoms with van der Waals surface area (Å²) in [6, 6.07) is 24.3. The molecule has 0 heterocycles. The van der Waals surface area contributed by atoms with Crippen LogP contribution in [0.2, 0.25) is 0 Å². The van der Waals surface area contributed by atoms with E-state index in [0.29, 0.717) is 45.4 Å². The Morgan fingerprint density at radius 1 is 0.565 bits per heavy atom. The second-order valence-electron chi connectivity index (χ2n) is 9.85. The van der Waals surface area contributed by atoms with E-state index in [1.165, 1.54) is 0 Å². The molecule has 0 amide bonds. The summed E-state index contributed by atoms with van der Waals surface area (Å²) in [6.45, 7) is 7.22. The number of fused-ring (bicyclic) bond motifs is 2. The van der Waals surface area contributed by atoms with Crippen LogP contribution >= 0.6 is 0 Å². The maximum absolute atomic E-state index is 13.8. The van der Waals surface area contributed by atoms with Gasteiger partial charge < -0.3 is 29.6 Å². The number of hydrogen-bond donors (Lipinski definition) is 2. The van der Waals surface area contributed by atoms with E-state index in [2.05, 4.69) is 23.8 Å². The Hall–Kier alpha value is -6.16. The lowest BCUT2D eigenvalue weighted by Crippen LogP contribution is -2.23. The van der Waals surface area contributed by atoms with Crippen LogP contribution in [0.4, 0.5) is 22.7 Å². The molecule has 1 aliphatic carbocycles. The molecule has 0 aliphatic heterocycles. The van der Waals surface area contributed by atoms with E-state index in [9.17, 15) is 19.2 Å². The fraction of sp³-hybridized carbons (Fsp3) is 0.111. The van der Waals surface area contributed by atoms with Crippen LogP contribution < -0.4 is 20.1 Å². The molecule has 0 fully saturated rings. The topological polar surface area (TPSA) is 129 Å². The Balaban J connectivity index is 1.35. The minimum absolute atomic E-state index is 0.0853. The second-order valence-corrected chi connectivity index (χ2v) is 9.85. The molecule has 232 valence electrons. The zero-order valence-electron chi connectivity index (χ0n) is 24.7. The van der Waals surface area contributed by atoms with Gasteiger partial charge in [0.1, 0.15) is 37.9 Å². The molecule has 0 unspecified atom stereocenters. The third-order valence-corrected chi connectivity index (χ3v) is 6.87. The van der Waals surface area contributed by atoms with Gasteiger partial charge in [0.15, 0.2) is 11.6 Å². The summed E-state index contributed by atoms with van der Waals surface area (Å²) in [6.07, 6.45) is 2.17. The Labute approximate surface area is 265 Å². The molecule has 46 heavy (non-hydrogen) atoms. The smallest absolute Gasteiger partial charge is 0.330 e. The molecule has 0 bridgehead atoms. The Kier molecular flexibility index (Phi) is 9.89. The zero-order chi connectivity index (χ0) is 32.5. The molecule has 0 radical (unpaired) electrons. The molecule has 0 aromatic heterocycles. The average molecular weight is 619 g/mol. The first-order chi connectivity index (χ1) is 22.4. The number of anilines is 4. The fourth-order valence-electron chi connectivity index (χ4n) is 4.73. The van der Waals surface area contributed by atoms with Crippen LogP contribution in [0.1, 0.15) is 31.8 Å². The second kappa shape index (κ2) is 14.5. The van der Waals surface area contributed by atoms with Gasteiger partial charge in [-0.2, -0.15) is 0 Å². The van der Waals surface area contributed by atoms with Gasteiger partial charge in [-0.05, 0) is 60.7 Å². The van der Waals surface area contributed by atoms with E-state index in [1.807, 2.05) is 0 Å². The molecule has 0 saturated heterocycles. The summed E-state index contributed by atoms with van der Waals surface area (Å²) >= 11 is 0. The van der Waals surface area contributed by atoms with Crippen LogP contribution in [-0.4, -0.2) is 49.9 Å². The third-order valence-electron chi connectivity index (χ3n) is 6.87. The van der Waals surface area contributed by atoms with Crippen LogP contribution in [0.25, 0.3) is 0 Å². The predicted octanol–water partition coefficient (Wildman–Crippen LogP) is 6.17. The molecule has 0 atom stereocenters. The maximum Gasteiger partial charge on any atom is 0.330 e. The Morgan fingerprint density at radius 2 is 0.957 bits per heavy atom. The molecular formula is C36H30N2O8. The summed E-state index contributed by atoms with van der Waals surface area (Å²) in [5.74, 6) is -0.455. The van der Waals surface area contributed by atoms with Crippen LogP contribution in [0.15, 0.2) is 110 Å². The highest BCUT2D eigenvalue weighted by atomic mass is 16.6. The van der Waals surface area contributed by atoms with E-state index >= 15 is 0 Å². The van der Waals surface area contributed by atoms with Crippen molar-refractivity contribution >= 4 is 46.3 Å². The van der Waals surface area contributed by atoms with Crippen LogP contribution in [0.3, 0.4) is 0 Å². The van der Waals surface area contributed by atoms with E-state index in [-0.39, 0.29) is 49.1 Å². The van der Waals surface area contributed by atoms with Gasteiger partial charge in [0.25, 0.3) is 0 Å². The first-order valence-corrected chi connectivity index (χ1v) is 14.3. The van der Waals surface area contributed by atoms with Crippen molar-refractivity contribution in [1.29, 1.82) is 0 Å². The summed E-state index contributed by atoms with van der Waals surface area (Å²) in [5, 5.41) is 6.55. The number of carbonyl (C=O) groups is 4. The number of esters is 2. The highest BCUT2D eigenvalue weighted by molar-refractivity contribution is 6.32. The molecule has 2 N–H and O–H groups in total. The maximum atomic E-state index is 13.8. The lowest BCUT2D eigenvalue weighted by Gasteiger charge is -2.24. The van der Waals surface area contributed by atoms with Crippen molar-refractivity contribution in [2.75, 3.05) is 37.1 Å². The van der Waals surface area contributed by atoms with Crippen LogP contribution in [0, 0.1) is 0 Å². The van der Waals surface area contributed by atoms with Crippen molar-refractivity contribution in [3.05, 3.63) is 132 Å². The molecule has 4 aromatic carbocycles. The van der Waals surface area contributed by atoms with Crippen LogP contribution in [0.5, 0.6) is 11.5 Å². The third kappa shape index (κ3) is 7.31. The van der Waals surface area contributed by atoms with Crippen molar-refractivity contribution in [2.45, 2.75) is 0 Å². The predicted molar refractivity (Wildman–Crippen MR) is 173 cm³/mol. The van der Waals surface area contributed by atoms with Gasteiger partial charge in [-0.25, -0.2) is 9.59 Å². The number of ketones is 2. The first-order valence-electron chi connectivity index (χ1n) is 14.3. The van der Waals surface area contributed by atoms with E-state index < -0.39 is 11.9 Å². The van der Waals surface area contributed by atoms with Gasteiger partial charge in [0.05, 0.1) is 22.5 Å². The standard InChI is InChI=1S/C36H30N2O8/c1-3-31(39)45-21-19-43-25-13-9-23(10-14-25)37-29-17-18-30(34-33(29)35(41)27-7-5-6-8-28(27)36(34)42)38-24-11-15-26(16-12-24)44-20-22-46-32(40)4-2/h3-18,37-38H,1-2,19-22H2. The van der Waals surface area contributed by atoms with Gasteiger partial charge in [-0.15, -0.1) is 0 Å². The number of ether oxygens (including phenoxy) is 4. The van der Waals surface area contributed by atoms with Gasteiger partial charge in [0.2, 0.25) is 0 Å². The lowest BCUT2D eigenvalue weighted by molar-refractivity contribution is -0.139. The minimum Gasteiger partial charge on any atom is -0.490 e. The monoisotopic (exact) mass is 618 g/mol.